The van der Waals surface area contributed by atoms with Crippen LogP contribution in [-0.4, -0.2) is 4.92 Å². The van der Waals surface area contributed by atoms with Crippen molar-refractivity contribution in [3.8, 4) is 0 Å². The molecule has 0 bridgehead atoms. The highest BCUT2D eigenvalue weighted by Crippen LogP contribution is 2.33. The molecule has 7 heteroatoms. The maximum absolute atomic E-state index is 13.5. The van der Waals surface area contributed by atoms with Gasteiger partial charge in [-0.1, -0.05) is 18.7 Å². The highest BCUT2D eigenvalue weighted by Gasteiger charge is 2.16. The molecule has 0 amide bonds. The van der Waals surface area contributed by atoms with E-state index in [1.807, 2.05) is 6.92 Å². The maximum atomic E-state index is 13.5. The van der Waals surface area contributed by atoms with Gasteiger partial charge in [0.15, 0.2) is 0 Å². The fourth-order valence-corrected chi connectivity index (χ4v) is 3.44. The summed E-state index contributed by atoms with van der Waals surface area (Å²) in [6.45, 7) is 1.87. The molecule has 1 aromatic heterocycles. The summed E-state index contributed by atoms with van der Waals surface area (Å²) in [5.41, 5.74) is 0.507. The number of benzene rings is 2. The predicted molar refractivity (Wildman–Crippen MR) is 89.0 cm³/mol. The summed E-state index contributed by atoms with van der Waals surface area (Å²) in [6.07, 6.45) is 0.529. The zero-order chi connectivity index (χ0) is 17.3. The standard InChI is InChI=1S/C17H12FNO4S/c1-2-13-14-9-10(18)3-8-15(14)23-17(20)16(13)24-12-6-4-11(5-7-12)19(21)22/h3-9H,2H2,1H3. The summed E-state index contributed by atoms with van der Waals surface area (Å²) in [4.78, 5) is 23.5. The fraction of sp³-hybridized carbons (Fsp3) is 0.118. The first-order valence-corrected chi connectivity index (χ1v) is 7.98. The van der Waals surface area contributed by atoms with Gasteiger partial charge in [-0.15, -0.1) is 0 Å². The van der Waals surface area contributed by atoms with Crippen molar-refractivity contribution in [2.45, 2.75) is 23.1 Å². The summed E-state index contributed by atoms with van der Waals surface area (Å²) in [6, 6.07) is 9.90. The normalized spacial score (nSPS) is 10.9. The molecular formula is C17H12FNO4S. The predicted octanol–water partition coefficient (Wildman–Crippen LogP) is 4.55. The second-order valence-corrected chi connectivity index (χ2v) is 6.13. The molecule has 1 heterocycles. The van der Waals surface area contributed by atoms with E-state index in [1.54, 1.807) is 12.1 Å². The average Bonchev–Trinajstić information content (AvgIpc) is 2.56. The van der Waals surface area contributed by atoms with Gasteiger partial charge in [0.25, 0.3) is 5.69 Å². The number of halogens is 1. The number of aryl methyl sites for hydroxylation is 1. The first-order valence-electron chi connectivity index (χ1n) is 7.17. The number of fused-ring (bicyclic) bond motifs is 1. The monoisotopic (exact) mass is 345 g/mol. The lowest BCUT2D eigenvalue weighted by Crippen LogP contribution is -2.06. The van der Waals surface area contributed by atoms with Crippen molar-refractivity contribution in [3.05, 3.63) is 74.4 Å². The van der Waals surface area contributed by atoms with Crippen LogP contribution in [0.25, 0.3) is 11.0 Å². The molecule has 122 valence electrons. The zero-order valence-corrected chi connectivity index (χ0v) is 13.4. The lowest BCUT2D eigenvalue weighted by atomic mass is 10.1. The van der Waals surface area contributed by atoms with Gasteiger partial charge >= 0.3 is 5.63 Å². The van der Waals surface area contributed by atoms with Gasteiger partial charge in [-0.25, -0.2) is 9.18 Å². The molecular weight excluding hydrogens is 333 g/mol. The summed E-state index contributed by atoms with van der Waals surface area (Å²) in [5, 5.41) is 11.3. The van der Waals surface area contributed by atoms with Crippen LogP contribution in [0.5, 0.6) is 0 Å². The highest BCUT2D eigenvalue weighted by atomic mass is 32.2. The Bertz CT molecular complexity index is 982. The number of nitro benzene ring substituents is 1. The molecule has 0 N–H and O–H groups in total. The summed E-state index contributed by atoms with van der Waals surface area (Å²) in [7, 11) is 0. The number of nitrogens with zero attached hydrogens (tertiary/aromatic N) is 1. The average molecular weight is 345 g/mol. The Hall–Kier alpha value is -2.67. The molecule has 24 heavy (non-hydrogen) atoms. The van der Waals surface area contributed by atoms with E-state index in [4.69, 9.17) is 4.42 Å². The van der Waals surface area contributed by atoms with E-state index in [9.17, 15) is 19.3 Å². The SMILES string of the molecule is CCc1c(Sc2ccc([N+](=O)[O-])cc2)c(=O)oc2ccc(F)cc12. The van der Waals surface area contributed by atoms with Crippen LogP contribution in [0.2, 0.25) is 0 Å². The Kier molecular flexibility index (Phi) is 4.35. The summed E-state index contributed by atoms with van der Waals surface area (Å²) in [5.74, 6) is -0.405. The molecule has 0 fully saturated rings. The van der Waals surface area contributed by atoms with Crippen molar-refractivity contribution in [2.24, 2.45) is 0 Å². The van der Waals surface area contributed by atoms with Crippen LogP contribution >= 0.6 is 11.8 Å². The van der Waals surface area contributed by atoms with Crippen LogP contribution in [0.4, 0.5) is 10.1 Å². The van der Waals surface area contributed by atoms with Crippen molar-refractivity contribution < 1.29 is 13.7 Å². The molecule has 0 aliphatic heterocycles. The molecule has 0 atom stereocenters. The largest absolute Gasteiger partial charge is 0.422 e. The molecule has 2 aromatic carbocycles. The summed E-state index contributed by atoms with van der Waals surface area (Å²) >= 11 is 1.16. The Morgan fingerprint density at radius 1 is 1.21 bits per heavy atom. The van der Waals surface area contributed by atoms with Crippen molar-refractivity contribution in [3.63, 3.8) is 0 Å². The molecule has 5 nitrogen and oxygen atoms in total. The van der Waals surface area contributed by atoms with Crippen LogP contribution in [-0.2, 0) is 6.42 Å². The number of nitro groups is 1. The van der Waals surface area contributed by atoms with Crippen LogP contribution in [0.15, 0.2) is 61.5 Å². The molecule has 0 aliphatic rings. The van der Waals surface area contributed by atoms with Gasteiger partial charge in [-0.3, -0.25) is 10.1 Å². The molecule has 0 spiro atoms. The third-order valence-electron chi connectivity index (χ3n) is 3.55. The van der Waals surface area contributed by atoms with Gasteiger partial charge in [-0.05, 0) is 42.3 Å². The zero-order valence-electron chi connectivity index (χ0n) is 12.6. The van der Waals surface area contributed by atoms with Crippen LogP contribution in [0.3, 0.4) is 0 Å². The second-order valence-electron chi connectivity index (χ2n) is 5.04. The van der Waals surface area contributed by atoms with Crippen molar-refractivity contribution in [1.82, 2.24) is 0 Å². The molecule has 0 unspecified atom stereocenters. The Morgan fingerprint density at radius 2 is 1.92 bits per heavy atom. The van der Waals surface area contributed by atoms with E-state index in [1.165, 1.54) is 30.3 Å². The van der Waals surface area contributed by atoms with E-state index in [2.05, 4.69) is 0 Å². The van der Waals surface area contributed by atoms with Crippen molar-refractivity contribution >= 4 is 28.4 Å². The molecule has 0 saturated heterocycles. The first kappa shape index (κ1) is 16.2. The molecule has 0 aliphatic carbocycles. The van der Waals surface area contributed by atoms with Crippen LogP contribution in [0.1, 0.15) is 12.5 Å². The third kappa shape index (κ3) is 3.03. The minimum Gasteiger partial charge on any atom is -0.422 e. The third-order valence-corrected chi connectivity index (χ3v) is 4.67. The van der Waals surface area contributed by atoms with E-state index >= 15 is 0 Å². The minimum absolute atomic E-state index is 0.0253. The van der Waals surface area contributed by atoms with Gasteiger partial charge in [0.05, 0.1) is 4.92 Å². The Morgan fingerprint density at radius 3 is 2.54 bits per heavy atom. The van der Waals surface area contributed by atoms with Crippen LogP contribution < -0.4 is 5.63 Å². The first-order chi connectivity index (χ1) is 11.5. The Balaban J connectivity index is 2.09. The van der Waals surface area contributed by atoms with E-state index in [-0.39, 0.29) is 5.69 Å². The second kappa shape index (κ2) is 6.45. The molecule has 0 saturated carbocycles. The van der Waals surface area contributed by atoms with E-state index < -0.39 is 16.4 Å². The molecule has 3 aromatic rings. The molecule has 3 rings (SSSR count). The number of hydrogen-bond donors (Lipinski definition) is 0. The minimum atomic E-state index is -0.505. The number of non-ortho nitro benzene ring substituents is 1. The topological polar surface area (TPSA) is 73.3 Å². The highest BCUT2D eigenvalue weighted by molar-refractivity contribution is 7.99. The quantitative estimate of drug-likeness (QED) is 0.394. The lowest BCUT2D eigenvalue weighted by Gasteiger charge is -2.09. The van der Waals surface area contributed by atoms with Crippen molar-refractivity contribution in [1.29, 1.82) is 0 Å². The van der Waals surface area contributed by atoms with E-state index in [0.29, 0.717) is 32.7 Å². The van der Waals surface area contributed by atoms with Gasteiger partial charge in [0.1, 0.15) is 16.3 Å². The smallest absolute Gasteiger partial charge is 0.350 e. The van der Waals surface area contributed by atoms with Crippen LogP contribution in [0, 0.1) is 15.9 Å². The van der Waals surface area contributed by atoms with E-state index in [0.717, 1.165) is 11.8 Å². The summed E-state index contributed by atoms with van der Waals surface area (Å²) < 4.78 is 18.8. The maximum Gasteiger partial charge on any atom is 0.350 e. The van der Waals surface area contributed by atoms with Gasteiger partial charge < -0.3 is 4.42 Å². The van der Waals surface area contributed by atoms with Gasteiger partial charge in [0.2, 0.25) is 0 Å². The fourth-order valence-electron chi connectivity index (χ4n) is 2.43. The van der Waals surface area contributed by atoms with Crippen molar-refractivity contribution in [2.75, 3.05) is 0 Å². The van der Waals surface area contributed by atoms with Gasteiger partial charge in [-0.2, -0.15) is 0 Å². The molecule has 0 radical (unpaired) electrons. The number of hydrogen-bond acceptors (Lipinski definition) is 5. The van der Waals surface area contributed by atoms with Gasteiger partial charge in [0, 0.05) is 22.4 Å². The Labute approximate surface area is 140 Å². The lowest BCUT2D eigenvalue weighted by molar-refractivity contribution is -0.384. The number of rotatable bonds is 4.